The molecule has 7 nitrogen and oxygen atoms in total. The molecule has 0 bridgehead atoms. The van der Waals surface area contributed by atoms with Crippen molar-refractivity contribution in [2.45, 2.75) is 17.9 Å². The fourth-order valence-electron chi connectivity index (χ4n) is 2.54. The monoisotopic (exact) mass is 417 g/mol. The van der Waals surface area contributed by atoms with Crippen LogP contribution in [0.25, 0.3) is 0 Å². The quantitative estimate of drug-likeness (QED) is 0.607. The number of anilines is 1. The zero-order chi connectivity index (χ0) is 20.1. The molecule has 0 spiro atoms. The number of hydrogen-bond donors (Lipinski definition) is 1. The van der Waals surface area contributed by atoms with Crippen LogP contribution in [-0.2, 0) is 10.0 Å². The number of ether oxygens (including phenoxy) is 1. The summed E-state index contributed by atoms with van der Waals surface area (Å²) in [5, 5.41) is 2.04. The Morgan fingerprint density at radius 2 is 1.86 bits per heavy atom. The van der Waals surface area contributed by atoms with Gasteiger partial charge in [-0.25, -0.2) is 17.7 Å². The molecular weight excluding hydrogens is 398 g/mol. The van der Waals surface area contributed by atoms with Crippen LogP contribution in [0.1, 0.15) is 17.3 Å². The van der Waals surface area contributed by atoms with E-state index in [9.17, 15) is 13.2 Å². The summed E-state index contributed by atoms with van der Waals surface area (Å²) in [5.74, 6) is 0.0305. The Kier molecular flexibility index (Phi) is 5.96. The molecule has 1 aromatic heterocycles. The number of hydrogen-bond acceptors (Lipinski definition) is 6. The molecule has 0 radical (unpaired) electrons. The van der Waals surface area contributed by atoms with Crippen molar-refractivity contribution in [3.8, 4) is 5.75 Å². The molecule has 0 aliphatic carbocycles. The Labute approximate surface area is 167 Å². The first-order valence-electron chi connectivity index (χ1n) is 8.42. The van der Waals surface area contributed by atoms with Gasteiger partial charge >= 0.3 is 0 Å². The van der Waals surface area contributed by atoms with Crippen LogP contribution in [0.3, 0.4) is 0 Å². The number of carbonyl (C=O) groups is 1. The summed E-state index contributed by atoms with van der Waals surface area (Å²) in [5.41, 5.74) is 5.46. The molecule has 146 valence electrons. The van der Waals surface area contributed by atoms with E-state index < -0.39 is 22.0 Å². The number of benzene rings is 2. The minimum absolute atomic E-state index is 0.0413. The highest BCUT2D eigenvalue weighted by Gasteiger charge is 2.29. The number of primary amides is 1. The molecule has 28 heavy (non-hydrogen) atoms. The minimum Gasteiger partial charge on any atom is -0.489 e. The average Bonchev–Trinajstić information content (AvgIpc) is 3.21. The highest BCUT2D eigenvalue weighted by molar-refractivity contribution is 7.93. The maximum Gasteiger partial charge on any atom is 0.266 e. The van der Waals surface area contributed by atoms with E-state index in [4.69, 9.17) is 10.5 Å². The number of rotatable bonds is 8. The van der Waals surface area contributed by atoms with Gasteiger partial charge in [0.1, 0.15) is 11.9 Å². The lowest BCUT2D eigenvalue weighted by atomic mass is 10.2. The fraction of sp³-hybridized carbons (Fsp3) is 0.158. The Balaban J connectivity index is 1.88. The molecule has 1 atom stereocenters. The number of sulfonamides is 1. The van der Waals surface area contributed by atoms with Crippen LogP contribution >= 0.6 is 11.3 Å². The molecule has 9 heteroatoms. The second-order valence-corrected chi connectivity index (χ2v) is 8.72. The van der Waals surface area contributed by atoms with Gasteiger partial charge in [0, 0.05) is 17.1 Å². The van der Waals surface area contributed by atoms with Gasteiger partial charge in [-0.05, 0) is 43.3 Å². The smallest absolute Gasteiger partial charge is 0.266 e. The topological polar surface area (TPSA) is 103 Å². The van der Waals surface area contributed by atoms with E-state index in [1.54, 1.807) is 30.6 Å². The largest absolute Gasteiger partial charge is 0.489 e. The molecule has 0 saturated carbocycles. The number of para-hydroxylation sites is 1. The maximum atomic E-state index is 13.2. The van der Waals surface area contributed by atoms with Crippen molar-refractivity contribution in [3.05, 3.63) is 71.7 Å². The van der Waals surface area contributed by atoms with Gasteiger partial charge in [0.05, 0.1) is 11.4 Å². The third-order valence-corrected chi connectivity index (χ3v) is 6.54. The number of nitrogens with zero attached hydrogens (tertiary/aromatic N) is 2. The SMILES string of the molecule is CC(CN(c1nccs1)S(=O)(=O)c1ccc(C(N)=O)cc1)Oc1ccccc1. The van der Waals surface area contributed by atoms with Crippen LogP contribution < -0.4 is 14.8 Å². The minimum atomic E-state index is -3.90. The lowest BCUT2D eigenvalue weighted by Crippen LogP contribution is -2.38. The Hall–Kier alpha value is -2.91. The van der Waals surface area contributed by atoms with Crippen LogP contribution in [0.2, 0.25) is 0 Å². The molecule has 1 amide bonds. The van der Waals surface area contributed by atoms with E-state index >= 15 is 0 Å². The van der Waals surface area contributed by atoms with Crippen molar-refractivity contribution in [3.63, 3.8) is 0 Å². The Morgan fingerprint density at radius 1 is 1.18 bits per heavy atom. The van der Waals surface area contributed by atoms with Crippen LogP contribution in [0.5, 0.6) is 5.75 Å². The van der Waals surface area contributed by atoms with Crippen molar-refractivity contribution in [1.82, 2.24) is 4.98 Å². The van der Waals surface area contributed by atoms with Gasteiger partial charge in [-0.1, -0.05) is 18.2 Å². The summed E-state index contributed by atoms with van der Waals surface area (Å²) in [6.45, 7) is 1.86. The number of carbonyl (C=O) groups excluding carboxylic acids is 1. The molecule has 3 aromatic rings. The van der Waals surface area contributed by atoms with Crippen molar-refractivity contribution < 1.29 is 17.9 Å². The molecule has 1 heterocycles. The van der Waals surface area contributed by atoms with Crippen molar-refractivity contribution >= 4 is 32.4 Å². The zero-order valence-electron chi connectivity index (χ0n) is 15.1. The van der Waals surface area contributed by atoms with Crippen LogP contribution in [0.15, 0.2) is 71.1 Å². The molecule has 0 saturated heterocycles. The van der Waals surface area contributed by atoms with E-state index in [0.717, 1.165) is 0 Å². The van der Waals surface area contributed by atoms with E-state index in [1.165, 1.54) is 39.9 Å². The van der Waals surface area contributed by atoms with Gasteiger partial charge in [-0.2, -0.15) is 0 Å². The maximum absolute atomic E-state index is 13.2. The zero-order valence-corrected chi connectivity index (χ0v) is 16.7. The van der Waals surface area contributed by atoms with E-state index in [2.05, 4.69) is 4.98 Å². The standard InChI is InChI=1S/C19H19N3O4S2/c1-14(26-16-5-3-2-4-6-16)13-22(19-21-11-12-27-19)28(24,25)17-9-7-15(8-10-17)18(20)23/h2-12,14H,13H2,1H3,(H2,20,23). The summed E-state index contributed by atoms with van der Waals surface area (Å²) >= 11 is 1.21. The molecule has 0 aliphatic rings. The molecular formula is C19H19N3O4S2. The van der Waals surface area contributed by atoms with Crippen molar-refractivity contribution in [2.75, 3.05) is 10.8 Å². The van der Waals surface area contributed by atoms with Crippen LogP contribution in [0.4, 0.5) is 5.13 Å². The van der Waals surface area contributed by atoms with Crippen molar-refractivity contribution in [2.24, 2.45) is 5.73 Å². The van der Waals surface area contributed by atoms with E-state index in [-0.39, 0.29) is 17.0 Å². The highest BCUT2D eigenvalue weighted by Crippen LogP contribution is 2.26. The van der Waals surface area contributed by atoms with Crippen LogP contribution in [-0.4, -0.2) is 32.0 Å². The first kappa shape index (κ1) is 19.8. The average molecular weight is 418 g/mol. The van der Waals surface area contributed by atoms with Gasteiger partial charge in [0.15, 0.2) is 5.13 Å². The molecule has 1 unspecified atom stereocenters. The summed E-state index contributed by atoms with van der Waals surface area (Å²) in [6.07, 6.45) is 1.12. The van der Waals surface area contributed by atoms with Gasteiger partial charge in [0.25, 0.3) is 10.0 Å². The second-order valence-electron chi connectivity index (χ2n) is 5.98. The molecule has 2 aromatic carbocycles. The number of thiazole rings is 1. The first-order chi connectivity index (χ1) is 13.4. The Bertz CT molecular complexity index is 1020. The molecule has 3 rings (SSSR count). The highest BCUT2D eigenvalue weighted by atomic mass is 32.2. The van der Waals surface area contributed by atoms with Gasteiger partial charge in [-0.3, -0.25) is 4.79 Å². The number of amides is 1. The predicted molar refractivity (Wildman–Crippen MR) is 108 cm³/mol. The third-order valence-electron chi connectivity index (χ3n) is 3.86. The number of aromatic nitrogens is 1. The summed E-state index contributed by atoms with van der Waals surface area (Å²) in [6, 6.07) is 14.7. The van der Waals surface area contributed by atoms with Gasteiger partial charge in [-0.15, -0.1) is 11.3 Å². The number of nitrogens with two attached hydrogens (primary N) is 1. The first-order valence-corrected chi connectivity index (χ1v) is 10.7. The van der Waals surface area contributed by atoms with Crippen molar-refractivity contribution in [1.29, 1.82) is 0 Å². The van der Waals surface area contributed by atoms with Gasteiger partial charge in [0.2, 0.25) is 5.91 Å². The third kappa shape index (κ3) is 4.49. The van der Waals surface area contributed by atoms with Crippen LogP contribution in [0, 0.1) is 0 Å². The molecule has 2 N–H and O–H groups in total. The lowest BCUT2D eigenvalue weighted by molar-refractivity contribution is 0.1000. The van der Waals surface area contributed by atoms with Gasteiger partial charge < -0.3 is 10.5 Å². The molecule has 0 fully saturated rings. The summed E-state index contributed by atoms with van der Waals surface area (Å²) in [7, 11) is -3.90. The van der Waals surface area contributed by atoms with E-state index in [0.29, 0.717) is 10.9 Å². The summed E-state index contributed by atoms with van der Waals surface area (Å²) in [4.78, 5) is 15.4. The normalized spacial score (nSPS) is 12.3. The predicted octanol–water partition coefficient (Wildman–Crippen LogP) is 2.90. The fourth-order valence-corrected chi connectivity index (χ4v) is 4.91. The summed E-state index contributed by atoms with van der Waals surface area (Å²) < 4.78 is 33.5. The lowest BCUT2D eigenvalue weighted by Gasteiger charge is -2.25. The Morgan fingerprint density at radius 3 is 2.43 bits per heavy atom. The second kappa shape index (κ2) is 8.41. The molecule has 0 aliphatic heterocycles. The van der Waals surface area contributed by atoms with E-state index in [1.807, 2.05) is 18.2 Å².